The van der Waals surface area contributed by atoms with Crippen molar-refractivity contribution in [3.05, 3.63) is 23.9 Å². The first-order valence-electron chi connectivity index (χ1n) is 8.09. The number of carbonyl (C=O) groups is 2. The summed E-state index contributed by atoms with van der Waals surface area (Å²) in [5.41, 5.74) is 5.69. The van der Waals surface area contributed by atoms with Crippen molar-refractivity contribution in [2.45, 2.75) is 24.9 Å². The largest absolute Gasteiger partial charge is 0.366 e. The van der Waals surface area contributed by atoms with Crippen LogP contribution >= 0.6 is 0 Å². The molecule has 3 aliphatic rings. The lowest BCUT2D eigenvalue weighted by Crippen LogP contribution is -2.51. The number of urea groups is 1. The Balaban J connectivity index is 1.55. The number of amides is 3. The molecular weight excluding hydrogens is 294 g/mol. The lowest BCUT2D eigenvalue weighted by Gasteiger charge is -2.38. The van der Waals surface area contributed by atoms with E-state index in [0.717, 1.165) is 38.3 Å². The average Bonchev–Trinajstić information content (AvgIpc) is 3.23. The van der Waals surface area contributed by atoms with Crippen LogP contribution in [0.1, 0.15) is 23.2 Å². The first-order valence-corrected chi connectivity index (χ1v) is 8.09. The highest BCUT2D eigenvalue weighted by atomic mass is 16.2. The summed E-state index contributed by atoms with van der Waals surface area (Å²) in [5, 5.41) is 0. The second kappa shape index (κ2) is 5.11. The Bertz CT molecular complexity index is 646. The summed E-state index contributed by atoms with van der Waals surface area (Å²) < 4.78 is 0. The van der Waals surface area contributed by atoms with Gasteiger partial charge in [-0.25, -0.2) is 9.78 Å². The van der Waals surface area contributed by atoms with E-state index >= 15 is 0 Å². The van der Waals surface area contributed by atoms with Crippen molar-refractivity contribution in [2.75, 3.05) is 31.6 Å². The second-order valence-corrected chi connectivity index (χ2v) is 6.79. The van der Waals surface area contributed by atoms with Crippen molar-refractivity contribution < 1.29 is 9.59 Å². The topological polar surface area (TPSA) is 82.8 Å². The van der Waals surface area contributed by atoms with E-state index in [1.54, 1.807) is 11.0 Å². The number of likely N-dealkylation sites (N-methyl/N-ethyl adjacent to an activating group) is 1. The molecule has 0 radical (unpaired) electrons. The Morgan fingerprint density at radius 1 is 1.22 bits per heavy atom. The fourth-order valence-corrected chi connectivity index (χ4v) is 4.27. The summed E-state index contributed by atoms with van der Waals surface area (Å²) in [6.07, 6.45) is 3.73. The van der Waals surface area contributed by atoms with E-state index in [9.17, 15) is 9.59 Å². The third-order valence-electron chi connectivity index (χ3n) is 5.42. The Kier molecular flexibility index (Phi) is 3.18. The number of piperidine rings is 1. The van der Waals surface area contributed by atoms with E-state index in [2.05, 4.69) is 9.88 Å². The van der Waals surface area contributed by atoms with Crippen LogP contribution in [-0.2, 0) is 0 Å². The minimum Gasteiger partial charge on any atom is -0.366 e. The van der Waals surface area contributed by atoms with Crippen LogP contribution in [0.5, 0.6) is 0 Å². The number of hydrogen-bond donors (Lipinski definition) is 1. The standard InChI is InChI=1S/C16H21N5O2/c1-19-4-5-20(16(19)23)12-6-10-7-13(12)21(9-10)14-3-2-11(8-18-14)15(17)22/h2-3,8,10,12-13H,4-7,9H2,1H3,(H2,17,22). The lowest BCUT2D eigenvalue weighted by molar-refractivity contribution is 0.1000. The molecule has 2 N–H and O–H groups in total. The van der Waals surface area contributed by atoms with Gasteiger partial charge in [0.25, 0.3) is 0 Å². The van der Waals surface area contributed by atoms with Crippen molar-refractivity contribution in [1.29, 1.82) is 0 Å². The van der Waals surface area contributed by atoms with Crippen molar-refractivity contribution in [3.63, 3.8) is 0 Å². The summed E-state index contributed by atoms with van der Waals surface area (Å²) >= 11 is 0. The number of nitrogens with zero attached hydrogens (tertiary/aromatic N) is 4. The third-order valence-corrected chi connectivity index (χ3v) is 5.42. The minimum absolute atomic E-state index is 0.138. The number of nitrogens with two attached hydrogens (primary N) is 1. The van der Waals surface area contributed by atoms with Gasteiger partial charge in [-0.15, -0.1) is 0 Å². The first-order chi connectivity index (χ1) is 11.0. The molecule has 3 unspecified atom stereocenters. The highest BCUT2D eigenvalue weighted by Gasteiger charge is 2.50. The van der Waals surface area contributed by atoms with E-state index in [-0.39, 0.29) is 12.1 Å². The average molecular weight is 315 g/mol. The minimum atomic E-state index is -0.462. The van der Waals surface area contributed by atoms with Crippen LogP contribution in [0.25, 0.3) is 0 Å². The van der Waals surface area contributed by atoms with Crippen LogP contribution in [0, 0.1) is 5.92 Å². The number of anilines is 1. The summed E-state index contributed by atoms with van der Waals surface area (Å²) in [4.78, 5) is 34.0. The first kappa shape index (κ1) is 14.3. The monoisotopic (exact) mass is 315 g/mol. The molecule has 4 rings (SSSR count). The van der Waals surface area contributed by atoms with Gasteiger partial charge in [-0.1, -0.05) is 0 Å². The zero-order valence-electron chi connectivity index (χ0n) is 13.2. The van der Waals surface area contributed by atoms with Crippen molar-refractivity contribution in [1.82, 2.24) is 14.8 Å². The number of fused-ring (bicyclic) bond motifs is 2. The number of primary amides is 1. The number of pyridine rings is 1. The summed E-state index contributed by atoms with van der Waals surface area (Å²) in [7, 11) is 1.86. The van der Waals surface area contributed by atoms with Crippen LogP contribution in [0.3, 0.4) is 0 Å². The molecule has 2 aliphatic heterocycles. The Hall–Kier alpha value is -2.31. The Labute approximate surface area is 135 Å². The van der Waals surface area contributed by atoms with E-state index in [0.29, 0.717) is 17.5 Å². The summed E-state index contributed by atoms with van der Waals surface area (Å²) in [6, 6.07) is 4.31. The third kappa shape index (κ3) is 2.22. The molecule has 2 saturated heterocycles. The van der Waals surface area contributed by atoms with Gasteiger partial charge in [0.15, 0.2) is 0 Å². The zero-order valence-corrected chi connectivity index (χ0v) is 13.2. The molecule has 3 atom stereocenters. The number of carbonyl (C=O) groups excluding carboxylic acids is 2. The van der Waals surface area contributed by atoms with Gasteiger partial charge < -0.3 is 20.4 Å². The molecular formula is C16H21N5O2. The number of aromatic nitrogens is 1. The predicted molar refractivity (Wildman–Crippen MR) is 85.1 cm³/mol. The number of hydrogen-bond acceptors (Lipinski definition) is 4. The molecule has 3 amide bonds. The molecule has 1 aliphatic carbocycles. The molecule has 1 saturated carbocycles. The quantitative estimate of drug-likeness (QED) is 0.881. The summed E-state index contributed by atoms with van der Waals surface area (Å²) in [6.45, 7) is 2.59. The van der Waals surface area contributed by atoms with Crippen LogP contribution < -0.4 is 10.6 Å². The zero-order chi connectivity index (χ0) is 16.1. The Morgan fingerprint density at radius 3 is 2.48 bits per heavy atom. The maximum absolute atomic E-state index is 12.3. The van der Waals surface area contributed by atoms with Gasteiger partial charge in [-0.2, -0.15) is 0 Å². The molecule has 1 aromatic rings. The van der Waals surface area contributed by atoms with Crippen LogP contribution in [0.4, 0.5) is 10.6 Å². The van der Waals surface area contributed by atoms with Gasteiger partial charge in [0.05, 0.1) is 17.6 Å². The van der Waals surface area contributed by atoms with Crippen molar-refractivity contribution >= 4 is 17.8 Å². The molecule has 1 aromatic heterocycles. The maximum Gasteiger partial charge on any atom is 0.320 e. The summed E-state index contributed by atoms with van der Waals surface area (Å²) in [5.74, 6) is 1.02. The molecule has 23 heavy (non-hydrogen) atoms. The molecule has 3 heterocycles. The molecule has 7 nitrogen and oxygen atoms in total. The van der Waals surface area contributed by atoms with Crippen LogP contribution in [0.15, 0.2) is 18.3 Å². The lowest BCUT2D eigenvalue weighted by atomic mass is 10.0. The molecule has 2 bridgehead atoms. The normalized spacial score (nSPS) is 29.7. The van der Waals surface area contributed by atoms with Crippen molar-refractivity contribution in [2.24, 2.45) is 11.7 Å². The van der Waals surface area contributed by atoms with Crippen LogP contribution in [-0.4, -0.2) is 65.5 Å². The highest BCUT2D eigenvalue weighted by molar-refractivity contribution is 5.92. The number of rotatable bonds is 3. The van der Waals surface area contributed by atoms with Gasteiger partial charge in [-0.05, 0) is 30.9 Å². The van der Waals surface area contributed by atoms with Gasteiger partial charge >= 0.3 is 6.03 Å². The molecule has 7 heteroatoms. The van der Waals surface area contributed by atoms with Crippen molar-refractivity contribution in [3.8, 4) is 0 Å². The van der Waals surface area contributed by atoms with Gasteiger partial charge in [0, 0.05) is 32.9 Å². The van der Waals surface area contributed by atoms with Crippen LogP contribution in [0.2, 0.25) is 0 Å². The second-order valence-electron chi connectivity index (χ2n) is 6.79. The highest BCUT2D eigenvalue weighted by Crippen LogP contribution is 2.42. The van der Waals surface area contributed by atoms with Gasteiger partial charge in [0.2, 0.25) is 5.91 Å². The maximum atomic E-state index is 12.3. The van der Waals surface area contributed by atoms with E-state index < -0.39 is 5.91 Å². The molecule has 3 fully saturated rings. The van der Waals surface area contributed by atoms with E-state index in [4.69, 9.17) is 5.73 Å². The fourth-order valence-electron chi connectivity index (χ4n) is 4.27. The Morgan fingerprint density at radius 2 is 1.96 bits per heavy atom. The fraction of sp³-hybridized carbons (Fsp3) is 0.562. The smallest absolute Gasteiger partial charge is 0.320 e. The van der Waals surface area contributed by atoms with Gasteiger partial charge in [0.1, 0.15) is 5.82 Å². The van der Waals surface area contributed by atoms with E-state index in [1.807, 2.05) is 18.0 Å². The van der Waals surface area contributed by atoms with E-state index in [1.165, 1.54) is 6.20 Å². The van der Waals surface area contributed by atoms with Gasteiger partial charge in [-0.3, -0.25) is 4.79 Å². The predicted octanol–water partition coefficient (Wildman–Crippen LogP) is 0.515. The molecule has 0 aromatic carbocycles. The SMILES string of the molecule is CN1CCN(C2CC3CC2N(c2ccc(C(N)=O)cn2)C3)C1=O. The molecule has 122 valence electrons. The molecule has 0 spiro atoms.